The number of carbonyl (C=O) groups is 2. The molecular formula is C29H40F6N2O6. The van der Waals surface area contributed by atoms with Crippen molar-refractivity contribution in [2.45, 2.75) is 94.2 Å². The summed E-state index contributed by atoms with van der Waals surface area (Å²) >= 11 is 0. The van der Waals surface area contributed by atoms with Crippen molar-refractivity contribution in [1.29, 1.82) is 0 Å². The SMILES string of the molecule is COc1ccc2c(c1)[C@@]13CC[C@H](NCC(C)C)C[C@@]1(O)[C@@H](C2)N(CC1CC1)CC3.O=C(O)C(F)(F)F.O=C(O)C(F)(F)F. The number of piperidine rings is 1. The Bertz CT molecular complexity index is 1120. The average Bonchev–Trinajstić information content (AvgIpc) is 3.72. The van der Waals surface area contributed by atoms with Crippen molar-refractivity contribution in [2.75, 3.05) is 26.7 Å². The number of aliphatic hydroxyl groups is 1. The quantitative estimate of drug-likeness (QED) is 0.334. The van der Waals surface area contributed by atoms with E-state index < -0.39 is 29.9 Å². The van der Waals surface area contributed by atoms with Crippen molar-refractivity contribution in [2.24, 2.45) is 11.8 Å². The lowest BCUT2D eigenvalue weighted by atomic mass is 9.49. The van der Waals surface area contributed by atoms with Crippen LogP contribution >= 0.6 is 0 Å². The van der Waals surface area contributed by atoms with Gasteiger partial charge in [0.05, 0.1) is 12.7 Å². The van der Waals surface area contributed by atoms with E-state index in [0.717, 1.165) is 56.9 Å². The van der Waals surface area contributed by atoms with Crippen LogP contribution in [-0.4, -0.2) is 88.9 Å². The Kier molecular flexibility index (Phi) is 10.7. The number of carboxylic acid groups (broad SMARTS) is 2. The Hall–Kier alpha value is -2.58. The van der Waals surface area contributed by atoms with Gasteiger partial charge in [-0.15, -0.1) is 0 Å². The van der Waals surface area contributed by atoms with Crippen LogP contribution in [-0.2, 0) is 21.4 Å². The Morgan fingerprint density at radius 2 is 1.63 bits per heavy atom. The minimum Gasteiger partial charge on any atom is -0.497 e. The number of alkyl halides is 6. The molecule has 5 rings (SSSR count). The first-order valence-corrected chi connectivity index (χ1v) is 14.3. The van der Waals surface area contributed by atoms with Gasteiger partial charge in [0, 0.05) is 24.0 Å². The number of hydrogen-bond donors (Lipinski definition) is 4. The van der Waals surface area contributed by atoms with Gasteiger partial charge in [-0.25, -0.2) is 9.59 Å². The molecule has 4 aliphatic rings. The number of hydrogen-bond acceptors (Lipinski definition) is 6. The van der Waals surface area contributed by atoms with E-state index >= 15 is 0 Å². The van der Waals surface area contributed by atoms with Gasteiger partial charge in [-0.3, -0.25) is 4.90 Å². The predicted molar refractivity (Wildman–Crippen MR) is 144 cm³/mol. The number of aliphatic carboxylic acids is 2. The number of rotatable bonds is 6. The van der Waals surface area contributed by atoms with Crippen LogP contribution in [0, 0.1) is 11.8 Å². The molecule has 14 heteroatoms. The van der Waals surface area contributed by atoms with Crippen LogP contribution in [0.5, 0.6) is 5.75 Å². The molecule has 8 nitrogen and oxygen atoms in total. The Labute approximate surface area is 246 Å². The van der Waals surface area contributed by atoms with Crippen LogP contribution in [0.2, 0.25) is 0 Å². The van der Waals surface area contributed by atoms with Gasteiger partial charge in [-0.05, 0) is 93.1 Å². The minimum atomic E-state index is -5.08. The van der Waals surface area contributed by atoms with Gasteiger partial charge in [0.2, 0.25) is 0 Å². The van der Waals surface area contributed by atoms with Gasteiger partial charge in [-0.1, -0.05) is 19.9 Å². The second-order valence-corrected chi connectivity index (χ2v) is 12.3. The molecule has 2 saturated carbocycles. The van der Waals surface area contributed by atoms with Crippen molar-refractivity contribution >= 4 is 11.9 Å². The van der Waals surface area contributed by atoms with Gasteiger partial charge in [0.25, 0.3) is 0 Å². The third kappa shape index (κ3) is 8.13. The molecule has 4 N–H and O–H groups in total. The van der Waals surface area contributed by atoms with E-state index in [1.54, 1.807) is 7.11 Å². The van der Waals surface area contributed by atoms with Crippen LogP contribution < -0.4 is 10.1 Å². The zero-order valence-corrected chi connectivity index (χ0v) is 24.4. The van der Waals surface area contributed by atoms with Crippen LogP contribution in [0.15, 0.2) is 18.2 Å². The normalized spacial score (nSPS) is 28.3. The molecule has 0 amide bonds. The smallest absolute Gasteiger partial charge is 0.490 e. The molecule has 3 fully saturated rings. The van der Waals surface area contributed by atoms with Gasteiger partial charge in [-0.2, -0.15) is 26.3 Å². The molecule has 4 atom stereocenters. The fraction of sp³-hybridized carbons (Fsp3) is 0.724. The molecule has 0 unspecified atom stereocenters. The molecule has 43 heavy (non-hydrogen) atoms. The molecule has 1 aliphatic heterocycles. The van der Waals surface area contributed by atoms with Crippen LogP contribution in [0.25, 0.3) is 0 Å². The molecule has 1 saturated heterocycles. The topological polar surface area (TPSA) is 119 Å². The maximum absolute atomic E-state index is 12.5. The van der Waals surface area contributed by atoms with E-state index in [1.165, 1.54) is 30.5 Å². The molecule has 2 bridgehead atoms. The number of ether oxygens (including phenoxy) is 1. The summed E-state index contributed by atoms with van der Waals surface area (Å²) < 4.78 is 69.1. The highest BCUT2D eigenvalue weighted by molar-refractivity contribution is 5.73. The minimum absolute atomic E-state index is 0.115. The number of nitrogens with one attached hydrogen (secondary N) is 1. The van der Waals surface area contributed by atoms with E-state index in [4.69, 9.17) is 24.5 Å². The fourth-order valence-corrected chi connectivity index (χ4v) is 6.64. The molecule has 0 radical (unpaired) electrons. The monoisotopic (exact) mass is 626 g/mol. The lowest BCUT2D eigenvalue weighted by molar-refractivity contribution is -0.193. The highest BCUT2D eigenvalue weighted by atomic mass is 19.4. The number of carboxylic acids is 2. The third-order valence-electron chi connectivity index (χ3n) is 8.86. The van der Waals surface area contributed by atoms with E-state index in [0.29, 0.717) is 12.0 Å². The average molecular weight is 627 g/mol. The zero-order chi connectivity index (χ0) is 32.4. The van der Waals surface area contributed by atoms with Gasteiger partial charge < -0.3 is 25.4 Å². The summed E-state index contributed by atoms with van der Waals surface area (Å²) in [6.45, 7) is 7.88. The molecule has 3 aliphatic carbocycles. The van der Waals surface area contributed by atoms with Crippen LogP contribution in [0.4, 0.5) is 26.3 Å². The maximum Gasteiger partial charge on any atom is 0.490 e. The number of nitrogens with zero attached hydrogens (tertiary/aromatic N) is 1. The molecule has 244 valence electrons. The van der Waals surface area contributed by atoms with E-state index in [1.807, 2.05) is 0 Å². The largest absolute Gasteiger partial charge is 0.497 e. The molecule has 0 spiro atoms. The Balaban J connectivity index is 0.000000303. The summed E-state index contributed by atoms with van der Waals surface area (Å²) in [6, 6.07) is 7.30. The van der Waals surface area contributed by atoms with Crippen molar-refractivity contribution in [3.63, 3.8) is 0 Å². The number of methoxy groups -OCH3 is 1. The second-order valence-electron chi connectivity index (χ2n) is 12.3. The Morgan fingerprint density at radius 1 is 1.05 bits per heavy atom. The molecular weight excluding hydrogens is 586 g/mol. The summed E-state index contributed by atoms with van der Waals surface area (Å²) in [5.41, 5.74) is 2.06. The van der Waals surface area contributed by atoms with Crippen molar-refractivity contribution in [3.05, 3.63) is 29.3 Å². The number of likely N-dealkylation sites (tertiary alicyclic amines) is 1. The summed E-state index contributed by atoms with van der Waals surface area (Å²) in [5, 5.41) is 30.5. The molecule has 0 aromatic heterocycles. The van der Waals surface area contributed by atoms with Crippen molar-refractivity contribution in [1.82, 2.24) is 10.2 Å². The first kappa shape index (κ1) is 34.9. The Morgan fingerprint density at radius 3 is 2.12 bits per heavy atom. The van der Waals surface area contributed by atoms with Crippen molar-refractivity contribution in [3.8, 4) is 5.75 Å². The van der Waals surface area contributed by atoms with Gasteiger partial charge in [0.1, 0.15) is 5.75 Å². The van der Waals surface area contributed by atoms with Crippen molar-refractivity contribution < 1.29 is 56.0 Å². The standard InChI is InChI=1S/C25H38N2O2.2C2HF3O2/c1-17(2)15-26-20-8-9-24-10-11-27(16-18-4-5-18)23(25(24,28)14-20)12-19-6-7-21(29-3)13-22(19)24;2*3-2(4,5)1(6)7/h6-7,13,17-18,20,23,26,28H,4-5,8-12,14-16H2,1-3H3;2*(H,6,7)/t20-,23+,24-,25+;;/m0../s1. The van der Waals surface area contributed by atoms with E-state index in [9.17, 15) is 31.4 Å². The van der Waals surface area contributed by atoms with Gasteiger partial charge in [0.15, 0.2) is 0 Å². The highest BCUT2D eigenvalue weighted by Gasteiger charge is 2.64. The number of benzene rings is 1. The molecule has 1 aromatic rings. The van der Waals surface area contributed by atoms with Crippen LogP contribution in [0.1, 0.15) is 63.5 Å². The molecule has 1 aromatic carbocycles. The van der Waals surface area contributed by atoms with E-state index in [2.05, 4.69) is 42.3 Å². The first-order chi connectivity index (χ1) is 19.8. The maximum atomic E-state index is 12.5. The summed E-state index contributed by atoms with van der Waals surface area (Å²) in [7, 11) is 1.75. The fourth-order valence-electron chi connectivity index (χ4n) is 6.64. The predicted octanol–water partition coefficient (Wildman–Crippen LogP) is 4.77. The summed E-state index contributed by atoms with van der Waals surface area (Å²) in [6.07, 6.45) is -2.26. The lowest BCUT2D eigenvalue weighted by Crippen LogP contribution is -2.74. The molecule has 1 heterocycles. The number of halogens is 6. The number of fused-ring (bicyclic) bond motifs is 1. The summed E-state index contributed by atoms with van der Waals surface area (Å²) in [5.74, 6) is -3.08. The zero-order valence-electron chi connectivity index (χ0n) is 24.4. The highest BCUT2D eigenvalue weighted by Crippen LogP contribution is 2.59. The van der Waals surface area contributed by atoms with E-state index in [-0.39, 0.29) is 11.5 Å². The second kappa shape index (κ2) is 13.2. The van der Waals surface area contributed by atoms with Crippen LogP contribution in [0.3, 0.4) is 0 Å². The summed E-state index contributed by atoms with van der Waals surface area (Å²) in [4.78, 5) is 20.5. The van der Waals surface area contributed by atoms with Gasteiger partial charge >= 0.3 is 24.3 Å². The first-order valence-electron chi connectivity index (χ1n) is 14.3. The lowest BCUT2D eigenvalue weighted by Gasteiger charge is -2.65. The third-order valence-corrected chi connectivity index (χ3v) is 8.86.